The molecule has 118 valence electrons. The molecule has 0 spiro atoms. The number of ether oxygens (including phenoxy) is 1. The van der Waals surface area contributed by atoms with Crippen LogP contribution in [-0.4, -0.2) is 24.8 Å². The number of alkyl halides is 3. The molecule has 0 saturated heterocycles. The second kappa shape index (κ2) is 6.83. The van der Waals surface area contributed by atoms with Crippen molar-refractivity contribution < 1.29 is 22.7 Å². The fourth-order valence-electron chi connectivity index (χ4n) is 2.12. The summed E-state index contributed by atoms with van der Waals surface area (Å²) in [4.78, 5) is 11.9. The van der Waals surface area contributed by atoms with Gasteiger partial charge in [0.15, 0.2) is 0 Å². The molecule has 0 amide bonds. The number of benzene rings is 1. The molecule has 0 bridgehead atoms. The van der Waals surface area contributed by atoms with Gasteiger partial charge >= 0.3 is 12.1 Å². The second-order valence-corrected chi connectivity index (χ2v) is 5.29. The Hall–Kier alpha value is -1.72. The number of hydrogen-bond acceptors (Lipinski definition) is 3. The van der Waals surface area contributed by atoms with E-state index in [9.17, 15) is 18.0 Å². The van der Waals surface area contributed by atoms with E-state index >= 15 is 0 Å². The third-order valence-corrected chi connectivity index (χ3v) is 3.21. The average molecular weight is 303 g/mol. The van der Waals surface area contributed by atoms with Gasteiger partial charge in [-0.15, -0.1) is 0 Å². The number of carbonyl (C=O) groups is 1. The van der Waals surface area contributed by atoms with Crippen LogP contribution in [0.15, 0.2) is 24.3 Å². The Labute approximate surface area is 122 Å². The van der Waals surface area contributed by atoms with Crippen molar-refractivity contribution in [3.8, 4) is 0 Å². The third kappa shape index (κ3) is 5.65. The topological polar surface area (TPSA) is 38.3 Å². The zero-order valence-corrected chi connectivity index (χ0v) is 12.4. The van der Waals surface area contributed by atoms with Crippen molar-refractivity contribution in [2.45, 2.75) is 44.8 Å². The van der Waals surface area contributed by atoms with Crippen LogP contribution in [0.1, 0.15) is 31.7 Å². The second-order valence-electron chi connectivity index (χ2n) is 5.29. The summed E-state index contributed by atoms with van der Waals surface area (Å²) >= 11 is 0. The summed E-state index contributed by atoms with van der Waals surface area (Å²) in [5.74, 6) is -0.578. The van der Waals surface area contributed by atoms with Gasteiger partial charge in [0.2, 0.25) is 0 Å². The normalized spacial score (nSPS) is 14.4. The van der Waals surface area contributed by atoms with E-state index in [1.807, 2.05) is 25.1 Å². The minimum Gasteiger partial charge on any atom is -0.467 e. The molecule has 0 saturated carbocycles. The number of nitrogens with one attached hydrogen (secondary N) is 1. The number of hydrogen-bond donors (Lipinski definition) is 1. The molecule has 1 aromatic carbocycles. The van der Waals surface area contributed by atoms with Gasteiger partial charge in [0, 0.05) is 12.1 Å². The molecule has 6 heteroatoms. The molecule has 0 aliphatic rings. The first-order valence-electron chi connectivity index (χ1n) is 6.66. The summed E-state index contributed by atoms with van der Waals surface area (Å²) in [6, 6.07) is 7.29. The van der Waals surface area contributed by atoms with Gasteiger partial charge in [-0.1, -0.05) is 12.1 Å². The van der Waals surface area contributed by atoms with Crippen LogP contribution in [0.2, 0.25) is 0 Å². The molecule has 1 aromatic rings. The summed E-state index contributed by atoms with van der Waals surface area (Å²) in [7, 11) is 1.22. The highest BCUT2D eigenvalue weighted by Gasteiger charge is 2.36. The van der Waals surface area contributed by atoms with E-state index in [4.69, 9.17) is 4.74 Å². The number of carbonyl (C=O) groups excluding carboxylic acids is 1. The lowest BCUT2D eigenvalue weighted by atomic mass is 9.94. The molecule has 3 nitrogen and oxygen atoms in total. The molecule has 0 aliphatic heterocycles. The molecule has 0 aromatic heterocycles. The van der Waals surface area contributed by atoms with E-state index in [2.05, 4.69) is 5.32 Å². The zero-order valence-electron chi connectivity index (χ0n) is 12.4. The molecule has 0 fully saturated rings. The van der Waals surface area contributed by atoms with E-state index in [0.717, 1.165) is 5.56 Å². The number of aryl methyl sites for hydroxylation is 1. The van der Waals surface area contributed by atoms with Crippen LogP contribution in [0.4, 0.5) is 18.9 Å². The SMILES string of the molecule is COC(=O)C(C)(CCCC(F)(F)F)Nc1cccc(C)c1. The largest absolute Gasteiger partial charge is 0.467 e. The van der Waals surface area contributed by atoms with Crippen molar-refractivity contribution in [2.24, 2.45) is 0 Å². The van der Waals surface area contributed by atoms with Gasteiger partial charge in [0.05, 0.1) is 7.11 Å². The summed E-state index contributed by atoms with van der Waals surface area (Å²) in [5, 5.41) is 2.99. The molecular formula is C15H20F3NO2. The number of methoxy groups -OCH3 is 1. The smallest absolute Gasteiger partial charge is 0.389 e. The number of esters is 1. The molecule has 1 atom stereocenters. The van der Waals surface area contributed by atoms with Crippen molar-refractivity contribution in [3.63, 3.8) is 0 Å². The van der Waals surface area contributed by atoms with E-state index in [1.165, 1.54) is 7.11 Å². The Morgan fingerprint density at radius 2 is 1.95 bits per heavy atom. The fraction of sp³-hybridized carbons (Fsp3) is 0.533. The van der Waals surface area contributed by atoms with Crippen molar-refractivity contribution in [1.82, 2.24) is 0 Å². The minimum absolute atomic E-state index is 0.0348. The van der Waals surface area contributed by atoms with Gasteiger partial charge in [0.1, 0.15) is 5.54 Å². The minimum atomic E-state index is -4.22. The predicted molar refractivity (Wildman–Crippen MR) is 75.1 cm³/mol. The van der Waals surface area contributed by atoms with Gasteiger partial charge < -0.3 is 10.1 Å². The lowest BCUT2D eigenvalue weighted by molar-refractivity contribution is -0.148. The first-order chi connectivity index (χ1) is 9.66. The van der Waals surface area contributed by atoms with Crippen molar-refractivity contribution >= 4 is 11.7 Å². The summed E-state index contributed by atoms with van der Waals surface area (Å²) in [6.45, 7) is 3.45. The molecule has 1 unspecified atom stereocenters. The highest BCUT2D eigenvalue weighted by Crippen LogP contribution is 2.28. The first-order valence-corrected chi connectivity index (χ1v) is 6.66. The maximum Gasteiger partial charge on any atom is 0.389 e. The lowest BCUT2D eigenvalue weighted by Crippen LogP contribution is -2.44. The Morgan fingerprint density at radius 1 is 1.29 bits per heavy atom. The Balaban J connectivity index is 2.81. The number of halogens is 3. The first kappa shape index (κ1) is 17.3. The van der Waals surface area contributed by atoms with E-state index in [-0.39, 0.29) is 12.8 Å². The van der Waals surface area contributed by atoms with Gasteiger partial charge in [-0.3, -0.25) is 0 Å². The highest BCUT2D eigenvalue weighted by molar-refractivity contribution is 5.84. The Bertz CT molecular complexity index is 488. The maximum absolute atomic E-state index is 12.3. The molecule has 1 N–H and O–H groups in total. The van der Waals surface area contributed by atoms with Crippen LogP contribution >= 0.6 is 0 Å². The fourth-order valence-corrected chi connectivity index (χ4v) is 2.12. The molecular weight excluding hydrogens is 283 g/mol. The summed E-state index contributed by atoms with van der Waals surface area (Å²) < 4.78 is 41.5. The highest BCUT2D eigenvalue weighted by atomic mass is 19.4. The van der Waals surface area contributed by atoms with Gasteiger partial charge in [-0.05, 0) is 44.4 Å². The standard InChI is InChI=1S/C15H20F3NO2/c1-11-6-4-7-12(10-11)19-14(2,13(20)21-3)8-5-9-15(16,17)18/h4,6-7,10,19H,5,8-9H2,1-3H3. The molecule has 0 radical (unpaired) electrons. The third-order valence-electron chi connectivity index (χ3n) is 3.21. The van der Waals surface area contributed by atoms with E-state index in [1.54, 1.807) is 13.0 Å². The quantitative estimate of drug-likeness (QED) is 0.805. The van der Waals surface area contributed by atoms with Crippen LogP contribution < -0.4 is 5.32 Å². The van der Waals surface area contributed by atoms with Crippen LogP contribution in [0.3, 0.4) is 0 Å². The summed E-state index contributed by atoms with van der Waals surface area (Å²) in [6.07, 6.45) is -5.25. The molecule has 0 aliphatic carbocycles. The molecule has 21 heavy (non-hydrogen) atoms. The van der Waals surface area contributed by atoms with Crippen LogP contribution in [0.5, 0.6) is 0 Å². The maximum atomic E-state index is 12.3. The average Bonchev–Trinajstić information content (AvgIpc) is 2.36. The van der Waals surface area contributed by atoms with Crippen LogP contribution in [0.25, 0.3) is 0 Å². The van der Waals surface area contributed by atoms with E-state index < -0.39 is 24.1 Å². The van der Waals surface area contributed by atoms with Crippen molar-refractivity contribution in [1.29, 1.82) is 0 Å². The lowest BCUT2D eigenvalue weighted by Gasteiger charge is -2.29. The van der Waals surface area contributed by atoms with Crippen molar-refractivity contribution in [3.05, 3.63) is 29.8 Å². The zero-order chi connectivity index (χ0) is 16.1. The molecule has 1 rings (SSSR count). The Kier molecular flexibility index (Phi) is 5.63. The monoisotopic (exact) mass is 303 g/mol. The summed E-state index contributed by atoms with van der Waals surface area (Å²) in [5.41, 5.74) is 0.478. The predicted octanol–water partition coefficient (Wildman–Crippen LogP) is 4.07. The van der Waals surface area contributed by atoms with Crippen LogP contribution in [0, 0.1) is 6.92 Å². The van der Waals surface area contributed by atoms with E-state index in [0.29, 0.717) is 5.69 Å². The molecule has 0 heterocycles. The van der Waals surface area contributed by atoms with Gasteiger partial charge in [0.25, 0.3) is 0 Å². The number of anilines is 1. The van der Waals surface area contributed by atoms with Gasteiger partial charge in [-0.2, -0.15) is 13.2 Å². The van der Waals surface area contributed by atoms with Crippen LogP contribution in [-0.2, 0) is 9.53 Å². The van der Waals surface area contributed by atoms with Gasteiger partial charge in [-0.25, -0.2) is 4.79 Å². The number of rotatable bonds is 6. The van der Waals surface area contributed by atoms with Crippen molar-refractivity contribution in [2.75, 3.05) is 12.4 Å². The Morgan fingerprint density at radius 3 is 2.48 bits per heavy atom.